The molecular formula is C35H42N4O7. The lowest BCUT2D eigenvalue weighted by Gasteiger charge is -2.09. The Balaban J connectivity index is 1.92. The van der Waals surface area contributed by atoms with Crippen LogP contribution in [0.25, 0.3) is 18.2 Å². The monoisotopic (exact) mass is 630 g/mol. The molecule has 244 valence electrons. The largest absolute Gasteiger partial charge is 0.469 e. The van der Waals surface area contributed by atoms with Gasteiger partial charge in [-0.1, -0.05) is 6.92 Å². The summed E-state index contributed by atoms with van der Waals surface area (Å²) in [6, 6.07) is 0. The van der Waals surface area contributed by atoms with Crippen LogP contribution in [0.1, 0.15) is 80.6 Å². The van der Waals surface area contributed by atoms with Crippen LogP contribution < -0.4 is 16.0 Å². The molecule has 46 heavy (non-hydrogen) atoms. The maximum Gasteiger partial charge on any atom is 0.305 e. The van der Waals surface area contributed by atoms with Crippen molar-refractivity contribution in [2.45, 2.75) is 79.8 Å². The number of carbonyl (C=O) groups is 4. The molecule has 0 bridgehead atoms. The zero-order valence-electron chi connectivity index (χ0n) is 27.7. The minimum atomic E-state index is -0.856. The Bertz CT molecular complexity index is 1860. The summed E-state index contributed by atoms with van der Waals surface area (Å²) in [5, 5.41) is 14.7. The molecule has 2 aliphatic heterocycles. The van der Waals surface area contributed by atoms with Gasteiger partial charge in [0.15, 0.2) is 0 Å². The number of aromatic nitrogens is 2. The molecule has 0 spiro atoms. The summed E-state index contributed by atoms with van der Waals surface area (Å²) in [5.74, 6) is -1.19. The lowest BCUT2D eigenvalue weighted by atomic mass is 10.0. The number of H-pyrrole nitrogens is 2. The Hall–Kier alpha value is -4.77. The van der Waals surface area contributed by atoms with E-state index in [0.29, 0.717) is 53.1 Å². The predicted octanol–water partition coefficient (Wildman–Crippen LogP) is 2.66. The highest BCUT2D eigenvalue weighted by Gasteiger charge is 2.27. The molecule has 4 N–H and O–H groups in total. The standard InChI is InChI=1S/C35H42N4O7/c1-9-22-17(2)27(38-35(22)44)14-25-18(3)23(10-12-31(41)45-7)28(36-25)16-29-24(11-13-32(42)46-8)19(4)26(37-29)15-30-33(21(6)40)20(5)34(43)39-30/h14-16,21,36-37,40H,9-13H2,1-8H3,(H,39,43). The molecule has 0 saturated carbocycles. The van der Waals surface area contributed by atoms with Crippen molar-refractivity contribution in [3.05, 3.63) is 72.3 Å². The van der Waals surface area contributed by atoms with Gasteiger partial charge < -0.3 is 29.9 Å². The van der Waals surface area contributed by atoms with Gasteiger partial charge in [0.25, 0.3) is 11.8 Å². The van der Waals surface area contributed by atoms with Gasteiger partial charge in [-0.25, -0.2) is 4.99 Å². The van der Waals surface area contributed by atoms with Crippen LogP contribution in [0.2, 0.25) is 0 Å². The molecule has 2 aromatic rings. The summed E-state index contributed by atoms with van der Waals surface area (Å²) >= 11 is 0. The molecule has 4 rings (SSSR count). The van der Waals surface area contributed by atoms with Crippen LogP contribution in [-0.2, 0) is 41.5 Å². The number of carbonyl (C=O) groups excluding carboxylic acids is 4. The number of amides is 2. The Morgan fingerprint density at radius 2 is 1.48 bits per heavy atom. The molecule has 2 aliphatic rings. The highest BCUT2D eigenvalue weighted by Crippen LogP contribution is 2.29. The van der Waals surface area contributed by atoms with Crippen molar-refractivity contribution in [3.63, 3.8) is 0 Å². The summed E-state index contributed by atoms with van der Waals surface area (Å²) < 4.78 is 9.80. The zero-order chi connectivity index (χ0) is 33.9. The number of methoxy groups -OCH3 is 2. The molecule has 1 atom stereocenters. The highest BCUT2D eigenvalue weighted by molar-refractivity contribution is 6.30. The maximum absolute atomic E-state index is 12.4. The number of esters is 2. The number of aliphatic imine (C=N–C) groups is 1. The number of hydrogen-bond donors (Lipinski definition) is 4. The SMILES string of the molecule is CCC1=C(C)C(C=c2[nH]c(=Cc3[nH]c(C=C4NC(=O)C(C)=C4C(C)O)c(C)c3CCC(=O)OC)c(CCC(=O)OC)c2C)=NC1=O. The quantitative estimate of drug-likeness (QED) is 0.278. The average Bonchev–Trinajstić information content (AvgIpc) is 3.67. The second-order valence-electron chi connectivity index (χ2n) is 11.5. The third-order valence-corrected chi connectivity index (χ3v) is 8.75. The summed E-state index contributed by atoms with van der Waals surface area (Å²) in [4.78, 5) is 60.3. The smallest absolute Gasteiger partial charge is 0.305 e. The molecule has 0 aliphatic carbocycles. The summed E-state index contributed by atoms with van der Waals surface area (Å²) in [6.07, 6.45) is 6.41. The van der Waals surface area contributed by atoms with Crippen LogP contribution in [0, 0.1) is 13.8 Å². The second-order valence-corrected chi connectivity index (χ2v) is 11.5. The van der Waals surface area contributed by atoms with Crippen molar-refractivity contribution in [1.29, 1.82) is 0 Å². The molecule has 1 unspecified atom stereocenters. The molecule has 11 nitrogen and oxygen atoms in total. The van der Waals surface area contributed by atoms with Crippen LogP contribution in [0.15, 0.2) is 33.0 Å². The Morgan fingerprint density at radius 3 is 2.04 bits per heavy atom. The number of aliphatic hydroxyl groups excluding tert-OH is 1. The fourth-order valence-corrected chi connectivity index (χ4v) is 6.01. The normalized spacial score (nSPS) is 17.4. The topological polar surface area (TPSA) is 163 Å². The molecular weight excluding hydrogens is 588 g/mol. The van der Waals surface area contributed by atoms with Crippen molar-refractivity contribution < 1.29 is 33.8 Å². The van der Waals surface area contributed by atoms with Gasteiger partial charge >= 0.3 is 11.9 Å². The Kier molecular flexibility index (Phi) is 10.5. The Labute approximate surface area is 267 Å². The van der Waals surface area contributed by atoms with Crippen molar-refractivity contribution in [2.24, 2.45) is 4.99 Å². The molecule has 0 saturated heterocycles. The molecule has 2 aromatic heterocycles. The van der Waals surface area contributed by atoms with E-state index >= 15 is 0 Å². The average molecular weight is 631 g/mol. The lowest BCUT2D eigenvalue weighted by molar-refractivity contribution is -0.141. The minimum Gasteiger partial charge on any atom is -0.469 e. The number of aliphatic hydroxyl groups is 1. The number of allylic oxidation sites excluding steroid dienone is 1. The molecule has 4 heterocycles. The number of ether oxygens (including phenoxy) is 2. The number of rotatable bonds is 11. The van der Waals surface area contributed by atoms with Crippen LogP contribution in [0.4, 0.5) is 0 Å². The van der Waals surface area contributed by atoms with E-state index < -0.39 is 6.10 Å². The van der Waals surface area contributed by atoms with E-state index in [2.05, 4.69) is 20.3 Å². The molecule has 11 heteroatoms. The summed E-state index contributed by atoms with van der Waals surface area (Å²) in [7, 11) is 2.70. The number of nitrogens with zero attached hydrogens (tertiary/aromatic N) is 1. The first kappa shape index (κ1) is 34.1. The molecule has 0 aromatic carbocycles. The van der Waals surface area contributed by atoms with Gasteiger partial charge in [-0.2, -0.15) is 0 Å². The van der Waals surface area contributed by atoms with Gasteiger partial charge in [-0.15, -0.1) is 0 Å². The van der Waals surface area contributed by atoms with E-state index in [1.807, 2.05) is 39.8 Å². The van der Waals surface area contributed by atoms with Gasteiger partial charge in [0.2, 0.25) is 0 Å². The third-order valence-electron chi connectivity index (χ3n) is 8.75. The fraction of sp³-hybridized carbons (Fsp3) is 0.400. The minimum absolute atomic E-state index is 0.151. The van der Waals surface area contributed by atoms with E-state index in [1.54, 1.807) is 19.9 Å². The van der Waals surface area contributed by atoms with E-state index in [4.69, 9.17) is 9.47 Å². The van der Waals surface area contributed by atoms with E-state index in [9.17, 15) is 24.3 Å². The first-order valence-corrected chi connectivity index (χ1v) is 15.3. The van der Waals surface area contributed by atoms with Crippen LogP contribution in [0.5, 0.6) is 0 Å². The molecule has 2 amide bonds. The van der Waals surface area contributed by atoms with E-state index in [1.165, 1.54) is 14.2 Å². The fourth-order valence-electron chi connectivity index (χ4n) is 6.01. The predicted molar refractivity (Wildman–Crippen MR) is 175 cm³/mol. The van der Waals surface area contributed by atoms with Crippen molar-refractivity contribution >= 4 is 47.7 Å². The van der Waals surface area contributed by atoms with Gasteiger partial charge in [-0.05, 0) is 99.9 Å². The number of hydrogen-bond acceptors (Lipinski definition) is 7. The first-order valence-electron chi connectivity index (χ1n) is 15.3. The zero-order valence-corrected chi connectivity index (χ0v) is 27.7. The van der Waals surface area contributed by atoms with Crippen LogP contribution in [0.3, 0.4) is 0 Å². The van der Waals surface area contributed by atoms with Gasteiger partial charge in [0.1, 0.15) is 0 Å². The van der Waals surface area contributed by atoms with Crippen molar-refractivity contribution in [3.8, 4) is 0 Å². The summed E-state index contributed by atoms with van der Waals surface area (Å²) in [5.41, 5.74) is 8.55. The van der Waals surface area contributed by atoms with Gasteiger partial charge in [0.05, 0.1) is 26.0 Å². The van der Waals surface area contributed by atoms with Crippen molar-refractivity contribution in [2.75, 3.05) is 14.2 Å². The first-order chi connectivity index (χ1) is 21.8. The number of aromatic amines is 2. The summed E-state index contributed by atoms with van der Waals surface area (Å²) in [6.45, 7) is 11.0. The maximum atomic E-state index is 12.4. The van der Waals surface area contributed by atoms with E-state index in [-0.39, 0.29) is 36.6 Å². The highest BCUT2D eigenvalue weighted by atomic mass is 16.5. The van der Waals surface area contributed by atoms with Crippen LogP contribution >= 0.6 is 0 Å². The van der Waals surface area contributed by atoms with Crippen molar-refractivity contribution in [1.82, 2.24) is 15.3 Å². The third kappa shape index (κ3) is 6.89. The van der Waals surface area contributed by atoms with Gasteiger partial charge in [0, 0.05) is 57.3 Å². The van der Waals surface area contributed by atoms with E-state index in [0.717, 1.165) is 44.2 Å². The van der Waals surface area contributed by atoms with Gasteiger partial charge in [-0.3, -0.25) is 19.2 Å². The molecule has 0 fully saturated rings. The number of nitrogens with one attached hydrogen (secondary N) is 3. The van der Waals surface area contributed by atoms with Crippen LogP contribution in [-0.4, -0.2) is 64.9 Å². The Morgan fingerprint density at radius 1 is 0.848 bits per heavy atom. The second kappa shape index (κ2) is 14.1. The molecule has 0 radical (unpaired) electrons. The lowest BCUT2D eigenvalue weighted by Crippen LogP contribution is -2.16.